The SMILES string of the molecule is [Co].[LiH].[Ni].[O]=[Mn](=[O])(=[O])[OH]. The molecule has 8 heavy (non-hydrogen) atoms. The second kappa shape index (κ2) is 8.48. The Hall–Kier alpha value is 1.48. The fourth-order valence-electron chi connectivity index (χ4n) is 0. The summed E-state index contributed by atoms with van der Waals surface area (Å²) in [6.07, 6.45) is 0. The maximum atomic E-state index is 8.69. The van der Waals surface area contributed by atoms with Crippen molar-refractivity contribution in [2.45, 2.75) is 0 Å². The topological polar surface area (TPSA) is 71.4 Å². The van der Waals surface area contributed by atoms with Gasteiger partial charge in [0.1, 0.15) is 0 Å². The number of hydrogen-bond acceptors (Lipinski definition) is 3. The molecule has 0 unspecified atom stereocenters. The van der Waals surface area contributed by atoms with Crippen LogP contribution in [0, 0.1) is 0 Å². The standard InChI is InChI=1S/Co.Li.Mn.Ni.H2O.3O.H/h;;;;1H2;;;;/q;;+1;;;;;;/p-1. The van der Waals surface area contributed by atoms with Gasteiger partial charge in [0.25, 0.3) is 0 Å². The third-order valence-electron chi connectivity index (χ3n) is 0. The van der Waals surface area contributed by atoms with Crippen LogP contribution in [-0.4, -0.2) is 23.0 Å². The third kappa shape index (κ3) is 144. The van der Waals surface area contributed by atoms with E-state index in [4.69, 9.17) is 15.7 Å². The second-order valence-electron chi connectivity index (χ2n) is 0.396. The van der Waals surface area contributed by atoms with Crippen molar-refractivity contribution >= 4 is 18.9 Å². The first kappa shape index (κ1) is 22.7. The van der Waals surface area contributed by atoms with Crippen LogP contribution < -0.4 is 0 Å². The Morgan fingerprint density at radius 3 is 1.12 bits per heavy atom. The molecule has 0 bridgehead atoms. The Morgan fingerprint density at radius 1 is 1.12 bits per heavy atom. The van der Waals surface area contributed by atoms with Crippen molar-refractivity contribution in [2.24, 2.45) is 0 Å². The summed E-state index contributed by atoms with van der Waals surface area (Å²) in [7, 11) is 0. The first-order chi connectivity index (χ1) is 2.00. The van der Waals surface area contributed by atoms with Gasteiger partial charge in [-0.1, -0.05) is 0 Å². The van der Waals surface area contributed by atoms with E-state index in [0.29, 0.717) is 0 Å². The van der Waals surface area contributed by atoms with Gasteiger partial charge in [0.15, 0.2) is 0 Å². The Kier molecular flexibility index (Phi) is 24.1. The molecule has 8 heteroatoms. The van der Waals surface area contributed by atoms with Gasteiger partial charge >= 0.3 is 47.5 Å². The van der Waals surface area contributed by atoms with E-state index in [-0.39, 0.29) is 52.1 Å². The van der Waals surface area contributed by atoms with Crippen LogP contribution in [0.3, 0.4) is 0 Å². The monoisotopic (exact) mass is 245 g/mol. The number of rotatable bonds is 0. The molecule has 0 aliphatic heterocycles. The minimum absolute atomic E-state index is 0. The van der Waals surface area contributed by atoms with Gasteiger partial charge in [0.05, 0.1) is 0 Å². The van der Waals surface area contributed by atoms with Gasteiger partial charge in [-0.3, -0.25) is 0 Å². The number of hydrogen-bond donors (Lipinski definition) is 1. The van der Waals surface area contributed by atoms with E-state index in [1.807, 2.05) is 0 Å². The summed E-state index contributed by atoms with van der Waals surface area (Å²) >= 11 is -5.38. The fraction of sp³-hybridized carbons (Fsp3) is 0. The van der Waals surface area contributed by atoms with Crippen molar-refractivity contribution in [3.05, 3.63) is 0 Å². The zero-order valence-electron chi connectivity index (χ0n) is 2.70. The van der Waals surface area contributed by atoms with Crippen molar-refractivity contribution < 1.29 is 61.9 Å². The van der Waals surface area contributed by atoms with Gasteiger partial charge < -0.3 is 0 Å². The Bertz CT molecular complexity index is 137. The van der Waals surface area contributed by atoms with Crippen LogP contribution in [0.1, 0.15) is 0 Å². The minimum atomic E-state index is -5.38. The van der Waals surface area contributed by atoms with Crippen LogP contribution >= 0.6 is 0 Å². The van der Waals surface area contributed by atoms with Crippen LogP contribution in [0.4, 0.5) is 0 Å². The van der Waals surface area contributed by atoms with E-state index < -0.39 is 13.0 Å². The molecule has 0 aliphatic carbocycles. The van der Waals surface area contributed by atoms with Crippen LogP contribution in [0.2, 0.25) is 0 Å². The Morgan fingerprint density at radius 2 is 1.12 bits per heavy atom. The van der Waals surface area contributed by atoms with Crippen LogP contribution in [0.15, 0.2) is 0 Å². The molecule has 0 spiro atoms. The molecule has 53 valence electrons. The van der Waals surface area contributed by atoms with E-state index in [9.17, 15) is 0 Å². The average molecular weight is 246 g/mol. The fourth-order valence-corrected chi connectivity index (χ4v) is 0. The van der Waals surface area contributed by atoms with Gasteiger partial charge in [-0.25, -0.2) is 0 Å². The van der Waals surface area contributed by atoms with Crippen LogP contribution in [0.25, 0.3) is 0 Å². The van der Waals surface area contributed by atoms with E-state index >= 15 is 0 Å². The molecule has 1 radical (unpaired) electrons. The summed E-state index contributed by atoms with van der Waals surface area (Å²) in [5, 5.41) is 0. The van der Waals surface area contributed by atoms with E-state index in [2.05, 4.69) is 0 Å². The van der Waals surface area contributed by atoms with Gasteiger partial charge in [0, 0.05) is 33.3 Å². The summed E-state index contributed by atoms with van der Waals surface area (Å²) in [6.45, 7) is 0. The maximum absolute atomic E-state index is 8.69. The molecule has 0 aromatic rings. The molecular formula is H2CoLiMnNiO4. The Balaban J connectivity index is -0.0000000267. The molecule has 0 rings (SSSR count). The molecule has 0 atom stereocenters. The summed E-state index contributed by atoms with van der Waals surface area (Å²) in [5.74, 6) is 0. The quantitative estimate of drug-likeness (QED) is 0.524. The van der Waals surface area contributed by atoms with Crippen LogP contribution in [-0.2, 0) is 57.7 Å². The molecule has 0 aromatic carbocycles. The van der Waals surface area contributed by atoms with E-state index in [0.717, 1.165) is 0 Å². The summed E-state index contributed by atoms with van der Waals surface area (Å²) in [6, 6.07) is 0. The Labute approximate surface area is 80.2 Å². The average Bonchev–Trinajstić information content (AvgIpc) is 0.722. The van der Waals surface area contributed by atoms with Gasteiger partial charge in [-0.05, 0) is 0 Å². The van der Waals surface area contributed by atoms with Gasteiger partial charge in [-0.2, -0.15) is 0 Å². The molecule has 0 heterocycles. The zero-order valence-corrected chi connectivity index (χ0v) is 5.91. The van der Waals surface area contributed by atoms with Crippen LogP contribution in [0.5, 0.6) is 0 Å². The molecule has 0 saturated heterocycles. The predicted molar refractivity (Wildman–Crippen MR) is 11.4 cm³/mol. The van der Waals surface area contributed by atoms with Gasteiger partial charge in [0.2, 0.25) is 0 Å². The van der Waals surface area contributed by atoms with E-state index in [1.165, 1.54) is 0 Å². The third-order valence-corrected chi connectivity index (χ3v) is 0. The first-order valence-corrected chi connectivity index (χ1v) is 2.61. The van der Waals surface area contributed by atoms with Crippen molar-refractivity contribution in [3.8, 4) is 0 Å². The summed E-state index contributed by atoms with van der Waals surface area (Å²) in [5.41, 5.74) is 0. The molecule has 0 aromatic heterocycles. The van der Waals surface area contributed by atoms with Gasteiger partial charge in [-0.15, -0.1) is 0 Å². The molecule has 0 saturated carbocycles. The molecule has 4 nitrogen and oxygen atoms in total. The normalized spacial score (nSPS) is 7.12. The van der Waals surface area contributed by atoms with Crippen molar-refractivity contribution in [2.75, 3.05) is 0 Å². The van der Waals surface area contributed by atoms with E-state index in [1.54, 1.807) is 0 Å². The predicted octanol–water partition coefficient (Wildman–Crippen LogP) is -1.57. The summed E-state index contributed by atoms with van der Waals surface area (Å²) in [4.78, 5) is 0. The summed E-state index contributed by atoms with van der Waals surface area (Å²) < 4.78 is 33.1. The van der Waals surface area contributed by atoms with Crippen molar-refractivity contribution in [1.82, 2.24) is 0 Å². The zero-order chi connectivity index (χ0) is 4.50. The molecule has 1 N–H and O–H groups in total. The molecule has 0 aliphatic rings. The molecular weight excluding hydrogens is 244 g/mol. The van der Waals surface area contributed by atoms with Crippen molar-refractivity contribution in [1.29, 1.82) is 0 Å². The first-order valence-electron chi connectivity index (χ1n) is 0.632. The molecule has 0 amide bonds. The second-order valence-corrected chi connectivity index (χ2v) is 1.63. The molecule has 0 fully saturated rings. The van der Waals surface area contributed by atoms with Crippen molar-refractivity contribution in [3.63, 3.8) is 0 Å².